The lowest BCUT2D eigenvalue weighted by Gasteiger charge is -2.36. The molecule has 1 heterocycles. The van der Waals surface area contributed by atoms with Crippen LogP contribution in [0.4, 0.5) is 15.8 Å². The fourth-order valence-electron chi connectivity index (χ4n) is 3.98. The summed E-state index contributed by atoms with van der Waals surface area (Å²) in [5, 5.41) is 5.88. The van der Waals surface area contributed by atoms with E-state index in [1.165, 1.54) is 12.1 Å². The molecule has 0 aromatic heterocycles. The molecular formula is C27H26BrFN4O3S. The molecule has 0 radical (unpaired) electrons. The van der Waals surface area contributed by atoms with Gasteiger partial charge in [-0.25, -0.2) is 4.39 Å². The van der Waals surface area contributed by atoms with Gasteiger partial charge in [0.2, 0.25) is 0 Å². The SMILES string of the molecule is CCOc1ccc(C(=O)NC(=S)Nc2ccc(N3CCN(C(=O)c4ccccc4F)CC3)cc2)cc1Br. The van der Waals surface area contributed by atoms with Crippen LogP contribution in [0.25, 0.3) is 0 Å². The van der Waals surface area contributed by atoms with Crippen LogP contribution in [0.1, 0.15) is 27.6 Å². The van der Waals surface area contributed by atoms with Gasteiger partial charge in [-0.05, 0) is 89.7 Å². The van der Waals surface area contributed by atoms with Gasteiger partial charge in [0, 0.05) is 43.1 Å². The molecule has 1 aliphatic heterocycles. The normalized spacial score (nSPS) is 13.2. The van der Waals surface area contributed by atoms with E-state index in [-0.39, 0.29) is 22.5 Å². The monoisotopic (exact) mass is 584 g/mol. The Balaban J connectivity index is 1.28. The lowest BCUT2D eigenvalue weighted by molar-refractivity contribution is 0.0742. The molecule has 0 saturated carbocycles. The number of hydrogen-bond acceptors (Lipinski definition) is 5. The van der Waals surface area contributed by atoms with E-state index < -0.39 is 5.82 Å². The zero-order valence-electron chi connectivity index (χ0n) is 20.2. The Morgan fingerprint density at radius 1 is 1.03 bits per heavy atom. The van der Waals surface area contributed by atoms with Crippen molar-refractivity contribution in [2.45, 2.75) is 6.92 Å². The molecule has 1 aliphatic rings. The highest BCUT2D eigenvalue weighted by atomic mass is 79.9. The van der Waals surface area contributed by atoms with Crippen molar-refractivity contribution in [1.82, 2.24) is 10.2 Å². The zero-order valence-corrected chi connectivity index (χ0v) is 22.6. The number of rotatable bonds is 6. The molecule has 2 N–H and O–H groups in total. The van der Waals surface area contributed by atoms with Crippen molar-refractivity contribution < 1.29 is 18.7 Å². The minimum atomic E-state index is -0.500. The molecular weight excluding hydrogens is 559 g/mol. The van der Waals surface area contributed by atoms with E-state index in [1.807, 2.05) is 31.2 Å². The maximum Gasteiger partial charge on any atom is 0.257 e. The first-order chi connectivity index (χ1) is 17.9. The van der Waals surface area contributed by atoms with Gasteiger partial charge in [0.05, 0.1) is 16.6 Å². The number of piperazine rings is 1. The second kappa shape index (κ2) is 12.2. The number of benzene rings is 3. The van der Waals surface area contributed by atoms with Gasteiger partial charge in [0.1, 0.15) is 11.6 Å². The number of amides is 2. The van der Waals surface area contributed by atoms with Crippen LogP contribution in [-0.2, 0) is 0 Å². The van der Waals surface area contributed by atoms with Gasteiger partial charge in [-0.2, -0.15) is 0 Å². The highest BCUT2D eigenvalue weighted by molar-refractivity contribution is 9.10. The molecule has 3 aromatic carbocycles. The first-order valence-corrected chi connectivity index (χ1v) is 13.0. The number of carbonyl (C=O) groups excluding carboxylic acids is 2. The van der Waals surface area contributed by atoms with Gasteiger partial charge in [-0.1, -0.05) is 12.1 Å². The van der Waals surface area contributed by atoms with Crippen LogP contribution in [0.2, 0.25) is 0 Å². The molecule has 192 valence electrons. The van der Waals surface area contributed by atoms with Crippen molar-refractivity contribution in [2.75, 3.05) is 43.0 Å². The van der Waals surface area contributed by atoms with E-state index in [0.29, 0.717) is 48.6 Å². The van der Waals surface area contributed by atoms with E-state index in [2.05, 4.69) is 31.5 Å². The third-order valence-corrected chi connectivity index (χ3v) is 6.71. The third-order valence-electron chi connectivity index (χ3n) is 5.88. The van der Waals surface area contributed by atoms with Gasteiger partial charge in [-0.15, -0.1) is 0 Å². The summed E-state index contributed by atoms with van der Waals surface area (Å²) in [6.07, 6.45) is 0. The number of halogens is 2. The van der Waals surface area contributed by atoms with Crippen molar-refractivity contribution >= 4 is 56.4 Å². The van der Waals surface area contributed by atoms with Gasteiger partial charge in [-0.3, -0.25) is 14.9 Å². The molecule has 0 aliphatic carbocycles. The van der Waals surface area contributed by atoms with Crippen LogP contribution in [-0.4, -0.2) is 54.6 Å². The van der Waals surface area contributed by atoms with Crippen LogP contribution < -0.4 is 20.3 Å². The average molecular weight is 585 g/mol. The summed E-state index contributed by atoms with van der Waals surface area (Å²) < 4.78 is 20.1. The van der Waals surface area contributed by atoms with E-state index in [1.54, 1.807) is 35.2 Å². The minimum Gasteiger partial charge on any atom is -0.493 e. The van der Waals surface area contributed by atoms with Crippen molar-refractivity contribution in [2.24, 2.45) is 0 Å². The number of thiocarbonyl (C=S) groups is 1. The second-order valence-electron chi connectivity index (χ2n) is 8.29. The Labute approximate surface area is 228 Å². The smallest absolute Gasteiger partial charge is 0.257 e. The summed E-state index contributed by atoms with van der Waals surface area (Å²) in [5.74, 6) is -0.455. The van der Waals surface area contributed by atoms with Gasteiger partial charge in [0.15, 0.2) is 5.11 Å². The molecule has 10 heteroatoms. The molecule has 3 aromatic rings. The Morgan fingerprint density at radius 2 is 1.73 bits per heavy atom. The van der Waals surface area contributed by atoms with E-state index in [4.69, 9.17) is 17.0 Å². The highest BCUT2D eigenvalue weighted by Gasteiger charge is 2.24. The van der Waals surface area contributed by atoms with Crippen LogP contribution >= 0.6 is 28.1 Å². The molecule has 7 nitrogen and oxygen atoms in total. The Bertz CT molecular complexity index is 1300. The van der Waals surface area contributed by atoms with Gasteiger partial charge in [0.25, 0.3) is 11.8 Å². The predicted octanol–water partition coefficient (Wildman–Crippen LogP) is 5.08. The quantitative estimate of drug-likeness (QED) is 0.394. The van der Waals surface area contributed by atoms with Crippen LogP contribution in [0, 0.1) is 5.82 Å². The number of nitrogens with one attached hydrogen (secondary N) is 2. The highest BCUT2D eigenvalue weighted by Crippen LogP contribution is 2.26. The van der Waals surface area contributed by atoms with E-state index >= 15 is 0 Å². The first-order valence-electron chi connectivity index (χ1n) is 11.8. The summed E-state index contributed by atoms with van der Waals surface area (Å²) in [4.78, 5) is 29.0. The number of carbonyl (C=O) groups is 2. The van der Waals surface area contributed by atoms with Crippen LogP contribution in [0.15, 0.2) is 71.2 Å². The van der Waals surface area contributed by atoms with Crippen molar-refractivity contribution in [3.8, 4) is 5.75 Å². The number of anilines is 2. The molecule has 0 unspecified atom stereocenters. The zero-order chi connectivity index (χ0) is 26.4. The van der Waals surface area contributed by atoms with E-state index in [0.717, 1.165) is 11.4 Å². The maximum atomic E-state index is 14.0. The molecule has 1 fully saturated rings. The lowest BCUT2D eigenvalue weighted by Crippen LogP contribution is -2.49. The molecule has 2 amide bonds. The van der Waals surface area contributed by atoms with Gasteiger partial charge < -0.3 is 19.9 Å². The molecule has 0 spiro atoms. The molecule has 0 bridgehead atoms. The van der Waals surface area contributed by atoms with Crippen LogP contribution in [0.3, 0.4) is 0 Å². The fraction of sp³-hybridized carbons (Fsp3) is 0.222. The number of ether oxygens (including phenoxy) is 1. The topological polar surface area (TPSA) is 73.9 Å². The average Bonchev–Trinajstić information content (AvgIpc) is 2.90. The molecule has 1 saturated heterocycles. The number of hydrogen-bond donors (Lipinski definition) is 2. The van der Waals surface area contributed by atoms with E-state index in [9.17, 15) is 14.0 Å². The third kappa shape index (κ3) is 6.64. The predicted molar refractivity (Wildman–Crippen MR) is 150 cm³/mol. The summed E-state index contributed by atoms with van der Waals surface area (Å²) >= 11 is 8.71. The Morgan fingerprint density at radius 3 is 2.38 bits per heavy atom. The maximum absolute atomic E-state index is 14.0. The number of nitrogens with zero attached hydrogens (tertiary/aromatic N) is 2. The summed E-state index contributed by atoms with van der Waals surface area (Å²) in [6, 6.07) is 18.8. The van der Waals surface area contributed by atoms with Crippen molar-refractivity contribution in [3.05, 3.63) is 88.1 Å². The standard InChI is InChI=1S/C27H26BrFN4O3S/c1-2-36-24-12-7-18(17-22(24)28)25(34)31-27(37)30-19-8-10-20(11-9-19)32-13-15-33(16-14-32)26(35)21-5-3-4-6-23(21)29/h3-12,17H,2,13-16H2,1H3,(H2,30,31,34,37). The molecule has 37 heavy (non-hydrogen) atoms. The first kappa shape index (κ1) is 26.6. The molecule has 4 rings (SSSR count). The van der Waals surface area contributed by atoms with Crippen molar-refractivity contribution in [1.29, 1.82) is 0 Å². The Kier molecular flexibility index (Phi) is 8.73. The minimum absolute atomic E-state index is 0.101. The van der Waals surface area contributed by atoms with Gasteiger partial charge >= 0.3 is 0 Å². The van der Waals surface area contributed by atoms with Crippen LogP contribution in [0.5, 0.6) is 5.75 Å². The summed E-state index contributed by atoms with van der Waals surface area (Å²) in [5.41, 5.74) is 2.28. The lowest BCUT2D eigenvalue weighted by atomic mass is 10.1. The molecule has 0 atom stereocenters. The Hall–Kier alpha value is -3.50. The fourth-order valence-corrected chi connectivity index (χ4v) is 4.68. The summed E-state index contributed by atoms with van der Waals surface area (Å²) in [7, 11) is 0. The largest absolute Gasteiger partial charge is 0.493 e. The second-order valence-corrected chi connectivity index (χ2v) is 9.56. The summed E-state index contributed by atoms with van der Waals surface area (Å²) in [6.45, 7) is 4.71. The van der Waals surface area contributed by atoms with Crippen molar-refractivity contribution in [3.63, 3.8) is 0 Å².